The van der Waals surface area contributed by atoms with E-state index < -0.39 is 0 Å². The third-order valence-corrected chi connectivity index (χ3v) is 5.21. The molecule has 1 aliphatic rings. The van der Waals surface area contributed by atoms with Crippen LogP contribution in [0.4, 0.5) is 10.2 Å². The van der Waals surface area contributed by atoms with Crippen LogP contribution in [0.1, 0.15) is 54.0 Å². The molecule has 0 spiro atoms. The number of rotatable bonds is 7. The fourth-order valence-electron chi connectivity index (χ4n) is 3.40. The molecule has 1 aromatic heterocycles. The molecule has 1 aromatic carbocycles. The number of aromatic nitrogens is 2. The summed E-state index contributed by atoms with van der Waals surface area (Å²) < 4.78 is 13.0. The number of hydrogen-bond donors (Lipinski definition) is 1. The normalized spacial score (nSPS) is 14.8. The van der Waals surface area contributed by atoms with Gasteiger partial charge in [0, 0.05) is 31.1 Å². The van der Waals surface area contributed by atoms with Gasteiger partial charge in [0.2, 0.25) is 0 Å². The van der Waals surface area contributed by atoms with Gasteiger partial charge in [-0.3, -0.25) is 9.59 Å². The van der Waals surface area contributed by atoms with Gasteiger partial charge in [-0.15, -0.1) is 10.2 Å². The number of carbonyl (C=O) groups is 2. The topological polar surface area (TPSA) is 75.2 Å². The van der Waals surface area contributed by atoms with Gasteiger partial charge in [-0.25, -0.2) is 4.39 Å². The molecule has 1 N–H and O–H groups in total. The van der Waals surface area contributed by atoms with Crippen LogP contribution in [-0.4, -0.2) is 41.5 Å². The molecule has 1 aliphatic heterocycles. The third-order valence-electron chi connectivity index (χ3n) is 5.21. The molecule has 3 rings (SSSR count). The lowest BCUT2D eigenvalue weighted by Crippen LogP contribution is -2.37. The Bertz CT molecular complexity index is 829. The number of ketones is 1. The molecule has 0 atom stereocenters. The van der Waals surface area contributed by atoms with Gasteiger partial charge in [0.1, 0.15) is 5.82 Å². The largest absolute Gasteiger partial charge is 0.355 e. The highest BCUT2D eigenvalue weighted by atomic mass is 19.1. The summed E-state index contributed by atoms with van der Waals surface area (Å²) in [6, 6.07) is 9.20. The van der Waals surface area contributed by atoms with Crippen LogP contribution in [0.2, 0.25) is 0 Å². The number of amides is 1. The molecule has 29 heavy (non-hydrogen) atoms. The van der Waals surface area contributed by atoms with E-state index in [1.165, 1.54) is 12.1 Å². The lowest BCUT2D eigenvalue weighted by molar-refractivity contribution is 0.0898. The summed E-state index contributed by atoms with van der Waals surface area (Å²) >= 11 is 0. The minimum Gasteiger partial charge on any atom is -0.355 e. The zero-order valence-electron chi connectivity index (χ0n) is 16.9. The maximum Gasteiger partial charge on any atom is 0.271 e. The Kier molecular flexibility index (Phi) is 6.90. The fourth-order valence-corrected chi connectivity index (χ4v) is 3.40. The lowest BCUT2D eigenvalue weighted by atomic mass is 9.89. The van der Waals surface area contributed by atoms with Gasteiger partial charge in [-0.05, 0) is 61.6 Å². The van der Waals surface area contributed by atoms with E-state index >= 15 is 0 Å². The van der Waals surface area contributed by atoms with Gasteiger partial charge in [-0.2, -0.15) is 0 Å². The highest BCUT2D eigenvalue weighted by Gasteiger charge is 2.26. The maximum atomic E-state index is 13.0. The zero-order valence-corrected chi connectivity index (χ0v) is 16.9. The van der Waals surface area contributed by atoms with Gasteiger partial charge in [0.15, 0.2) is 17.3 Å². The number of hydrogen-bond acceptors (Lipinski definition) is 5. The fraction of sp³-hybridized carbons (Fsp3) is 0.455. The van der Waals surface area contributed by atoms with Crippen molar-refractivity contribution in [1.82, 2.24) is 15.5 Å². The SMILES string of the molecule is CC(C)CCNC(=O)c1ccc(N2CCC(C(=O)c3ccc(F)cc3)CC2)nn1. The van der Waals surface area contributed by atoms with Crippen LogP contribution >= 0.6 is 0 Å². The van der Waals surface area contributed by atoms with Crippen molar-refractivity contribution in [1.29, 1.82) is 0 Å². The molecule has 2 aromatic rings. The summed E-state index contributed by atoms with van der Waals surface area (Å²) in [7, 11) is 0. The van der Waals surface area contributed by atoms with Crippen LogP contribution in [0.25, 0.3) is 0 Å². The number of nitrogens with zero attached hydrogens (tertiary/aromatic N) is 3. The average molecular weight is 398 g/mol. The molecule has 1 amide bonds. The monoisotopic (exact) mass is 398 g/mol. The van der Waals surface area contributed by atoms with Crippen molar-refractivity contribution in [2.45, 2.75) is 33.1 Å². The Morgan fingerprint density at radius 3 is 2.38 bits per heavy atom. The number of carbonyl (C=O) groups excluding carboxylic acids is 2. The van der Waals surface area contributed by atoms with E-state index in [0.29, 0.717) is 55.5 Å². The summed E-state index contributed by atoms with van der Waals surface area (Å²) in [5, 5.41) is 11.1. The molecular weight excluding hydrogens is 371 g/mol. The van der Waals surface area contributed by atoms with Crippen molar-refractivity contribution >= 4 is 17.5 Å². The van der Waals surface area contributed by atoms with E-state index in [2.05, 4.69) is 34.3 Å². The first-order valence-electron chi connectivity index (χ1n) is 10.1. The number of halogens is 1. The van der Waals surface area contributed by atoms with E-state index in [0.717, 1.165) is 6.42 Å². The maximum absolute atomic E-state index is 13.0. The van der Waals surface area contributed by atoms with Crippen LogP contribution in [-0.2, 0) is 0 Å². The molecule has 154 valence electrons. The Hall–Kier alpha value is -2.83. The van der Waals surface area contributed by atoms with Crippen molar-refractivity contribution in [2.24, 2.45) is 11.8 Å². The second-order valence-corrected chi connectivity index (χ2v) is 7.85. The number of benzene rings is 1. The Morgan fingerprint density at radius 2 is 1.79 bits per heavy atom. The summed E-state index contributed by atoms with van der Waals surface area (Å²) in [4.78, 5) is 26.8. The number of nitrogens with one attached hydrogen (secondary N) is 1. The zero-order chi connectivity index (χ0) is 20.8. The van der Waals surface area contributed by atoms with E-state index in [1.54, 1.807) is 24.3 Å². The molecule has 0 radical (unpaired) electrons. The first kappa shape index (κ1) is 20.9. The van der Waals surface area contributed by atoms with Crippen molar-refractivity contribution in [3.63, 3.8) is 0 Å². The Labute approximate surface area is 170 Å². The molecule has 0 bridgehead atoms. The van der Waals surface area contributed by atoms with Crippen LogP contribution in [0.15, 0.2) is 36.4 Å². The van der Waals surface area contributed by atoms with Gasteiger partial charge in [0.25, 0.3) is 5.91 Å². The second kappa shape index (κ2) is 9.58. The summed E-state index contributed by atoms with van der Waals surface area (Å²) in [5.74, 6) is 0.665. The van der Waals surface area contributed by atoms with Crippen molar-refractivity contribution in [3.8, 4) is 0 Å². The van der Waals surface area contributed by atoms with Gasteiger partial charge in [-0.1, -0.05) is 13.8 Å². The summed E-state index contributed by atoms with van der Waals surface area (Å²) in [6.45, 7) is 6.21. The smallest absolute Gasteiger partial charge is 0.271 e. The molecule has 7 heteroatoms. The van der Waals surface area contributed by atoms with Crippen LogP contribution in [0.3, 0.4) is 0 Å². The predicted octanol–water partition coefficient (Wildman–Crippen LogP) is 3.49. The molecule has 6 nitrogen and oxygen atoms in total. The molecule has 0 saturated carbocycles. The quantitative estimate of drug-likeness (QED) is 0.723. The van der Waals surface area contributed by atoms with Gasteiger partial charge >= 0.3 is 0 Å². The van der Waals surface area contributed by atoms with Crippen LogP contribution in [0.5, 0.6) is 0 Å². The molecular formula is C22H27FN4O2. The molecule has 1 fully saturated rings. The van der Waals surface area contributed by atoms with Crippen molar-refractivity contribution in [2.75, 3.05) is 24.5 Å². The van der Waals surface area contributed by atoms with Gasteiger partial charge in [0.05, 0.1) is 0 Å². The second-order valence-electron chi connectivity index (χ2n) is 7.85. The van der Waals surface area contributed by atoms with E-state index in [9.17, 15) is 14.0 Å². The number of Topliss-reactive ketones (excluding diaryl/α,β-unsaturated/α-hetero) is 1. The van der Waals surface area contributed by atoms with Crippen LogP contribution in [0, 0.1) is 17.7 Å². The molecule has 1 saturated heterocycles. The predicted molar refractivity (Wildman–Crippen MR) is 109 cm³/mol. The van der Waals surface area contributed by atoms with Crippen molar-refractivity contribution in [3.05, 3.63) is 53.5 Å². The highest BCUT2D eigenvalue weighted by molar-refractivity contribution is 5.98. The van der Waals surface area contributed by atoms with E-state index in [1.807, 2.05) is 0 Å². The minimum absolute atomic E-state index is 0.0594. The number of piperidine rings is 1. The summed E-state index contributed by atoms with van der Waals surface area (Å²) in [6.07, 6.45) is 2.33. The summed E-state index contributed by atoms with van der Waals surface area (Å²) in [5.41, 5.74) is 0.858. The molecule has 0 unspecified atom stereocenters. The molecule has 0 aliphatic carbocycles. The molecule has 2 heterocycles. The number of anilines is 1. The third kappa shape index (κ3) is 5.59. The highest BCUT2D eigenvalue weighted by Crippen LogP contribution is 2.24. The lowest BCUT2D eigenvalue weighted by Gasteiger charge is -2.31. The average Bonchev–Trinajstić information content (AvgIpc) is 2.74. The van der Waals surface area contributed by atoms with Gasteiger partial charge < -0.3 is 10.2 Å². The van der Waals surface area contributed by atoms with Crippen LogP contribution < -0.4 is 10.2 Å². The Balaban J connectivity index is 1.52. The van der Waals surface area contributed by atoms with E-state index in [4.69, 9.17) is 0 Å². The standard InChI is InChI=1S/C22H27FN4O2/c1-15(2)9-12-24-22(29)19-7-8-20(26-25-19)27-13-10-17(11-14-27)21(28)16-3-5-18(23)6-4-16/h3-8,15,17H,9-14H2,1-2H3,(H,24,29). The first-order valence-corrected chi connectivity index (χ1v) is 10.1. The van der Waals surface area contributed by atoms with Crippen molar-refractivity contribution < 1.29 is 14.0 Å². The minimum atomic E-state index is -0.341. The Morgan fingerprint density at radius 1 is 1.10 bits per heavy atom. The van der Waals surface area contributed by atoms with E-state index in [-0.39, 0.29) is 23.4 Å². The first-order chi connectivity index (χ1) is 13.9.